The fourth-order valence-electron chi connectivity index (χ4n) is 3.65. The molecule has 0 radical (unpaired) electrons. The van der Waals surface area contributed by atoms with Gasteiger partial charge in [-0.2, -0.15) is 0 Å². The Balaban J connectivity index is 1.26. The average molecular weight is 396 g/mol. The first kappa shape index (κ1) is 19.1. The number of nitrogens with one attached hydrogen (secondary N) is 2. The first-order chi connectivity index (χ1) is 14.2. The zero-order valence-corrected chi connectivity index (χ0v) is 16.0. The predicted molar refractivity (Wildman–Crippen MR) is 107 cm³/mol. The number of carbonyl (C=O) groups excluding carboxylic acids is 2. The maximum absolute atomic E-state index is 12.6. The molecule has 0 bridgehead atoms. The van der Waals surface area contributed by atoms with Gasteiger partial charge in [-0.15, -0.1) is 0 Å². The first-order valence-corrected chi connectivity index (χ1v) is 9.89. The molecule has 3 atom stereocenters. The van der Waals surface area contributed by atoms with Crippen LogP contribution in [0.5, 0.6) is 11.5 Å². The number of amides is 2. The Morgan fingerprint density at radius 2 is 1.72 bits per heavy atom. The quantitative estimate of drug-likeness (QED) is 0.826. The number of benzene rings is 2. The van der Waals surface area contributed by atoms with Crippen molar-refractivity contribution in [3.63, 3.8) is 0 Å². The van der Waals surface area contributed by atoms with Crippen molar-refractivity contribution >= 4 is 17.7 Å². The Hall–Kier alpha value is -3.22. The van der Waals surface area contributed by atoms with E-state index in [1.165, 1.54) is 0 Å². The third-order valence-electron chi connectivity index (χ3n) is 5.07. The molecule has 0 spiro atoms. The minimum Gasteiger partial charge on any atom is -0.485 e. The fourth-order valence-corrected chi connectivity index (χ4v) is 3.65. The molecule has 1 saturated carbocycles. The van der Waals surface area contributed by atoms with E-state index < -0.39 is 12.2 Å². The number of fused-ring (bicyclic) bond motifs is 1. The molecule has 4 rings (SSSR count). The topological polar surface area (TPSA) is 85.9 Å². The number of ether oxygens (including phenoxy) is 3. The second kappa shape index (κ2) is 8.86. The van der Waals surface area contributed by atoms with Crippen LogP contribution in [0.1, 0.15) is 25.7 Å². The van der Waals surface area contributed by atoms with E-state index in [-0.39, 0.29) is 24.7 Å². The van der Waals surface area contributed by atoms with Crippen LogP contribution in [-0.4, -0.2) is 36.9 Å². The third-order valence-corrected chi connectivity index (χ3v) is 5.07. The Labute approximate surface area is 169 Å². The van der Waals surface area contributed by atoms with Gasteiger partial charge in [-0.25, -0.2) is 4.79 Å². The maximum Gasteiger partial charge on any atom is 0.411 e. The number of anilines is 1. The normalized spacial score (nSPS) is 23.0. The highest BCUT2D eigenvalue weighted by molar-refractivity contribution is 5.84. The summed E-state index contributed by atoms with van der Waals surface area (Å²) in [7, 11) is 0. The zero-order valence-electron chi connectivity index (χ0n) is 16.0. The van der Waals surface area contributed by atoms with Crippen LogP contribution in [-0.2, 0) is 9.53 Å². The van der Waals surface area contributed by atoms with E-state index in [2.05, 4.69) is 10.6 Å². The van der Waals surface area contributed by atoms with E-state index in [1.54, 1.807) is 18.2 Å². The van der Waals surface area contributed by atoms with Gasteiger partial charge >= 0.3 is 6.09 Å². The molecule has 7 nitrogen and oxygen atoms in total. The highest BCUT2D eigenvalue weighted by Crippen LogP contribution is 2.31. The van der Waals surface area contributed by atoms with Crippen molar-refractivity contribution in [1.82, 2.24) is 5.32 Å². The monoisotopic (exact) mass is 396 g/mol. The van der Waals surface area contributed by atoms with Crippen LogP contribution in [0.15, 0.2) is 54.6 Å². The lowest BCUT2D eigenvalue weighted by Crippen LogP contribution is -2.49. The molecule has 7 heteroatoms. The van der Waals surface area contributed by atoms with Crippen LogP contribution in [0.4, 0.5) is 10.5 Å². The summed E-state index contributed by atoms with van der Waals surface area (Å²) in [6.45, 7) is 0.176. The molecule has 2 N–H and O–H groups in total. The van der Waals surface area contributed by atoms with Gasteiger partial charge in [0.25, 0.3) is 5.91 Å². The van der Waals surface area contributed by atoms with E-state index in [4.69, 9.17) is 14.2 Å². The summed E-state index contributed by atoms with van der Waals surface area (Å²) in [5.74, 6) is 1.01. The number of carbonyl (C=O) groups is 2. The third kappa shape index (κ3) is 4.99. The molecule has 2 aromatic carbocycles. The highest BCUT2D eigenvalue weighted by Gasteiger charge is 2.31. The lowest BCUT2D eigenvalue weighted by Gasteiger charge is -2.31. The molecule has 152 valence electrons. The minimum atomic E-state index is -0.687. The minimum absolute atomic E-state index is 0.0634. The largest absolute Gasteiger partial charge is 0.485 e. The van der Waals surface area contributed by atoms with E-state index in [1.807, 2.05) is 36.4 Å². The van der Waals surface area contributed by atoms with Crippen LogP contribution < -0.4 is 20.1 Å². The van der Waals surface area contributed by atoms with E-state index in [0.717, 1.165) is 19.3 Å². The molecule has 0 unspecified atom stereocenters. The molecule has 1 heterocycles. The lowest BCUT2D eigenvalue weighted by molar-refractivity contribution is -0.131. The Morgan fingerprint density at radius 1 is 0.966 bits per heavy atom. The van der Waals surface area contributed by atoms with Gasteiger partial charge in [-0.05, 0) is 43.5 Å². The van der Waals surface area contributed by atoms with Crippen LogP contribution in [0.3, 0.4) is 0 Å². The summed E-state index contributed by atoms with van der Waals surface area (Å²) in [6.07, 6.45) is 1.68. The summed E-state index contributed by atoms with van der Waals surface area (Å²) in [6, 6.07) is 16.4. The molecule has 0 aromatic heterocycles. The van der Waals surface area contributed by atoms with Crippen molar-refractivity contribution in [3.05, 3.63) is 54.6 Å². The second-order valence-electron chi connectivity index (χ2n) is 7.25. The van der Waals surface area contributed by atoms with Crippen molar-refractivity contribution in [3.8, 4) is 11.5 Å². The number of hydrogen-bond donors (Lipinski definition) is 2. The summed E-state index contributed by atoms with van der Waals surface area (Å²) in [5.41, 5.74) is 0.688. The summed E-state index contributed by atoms with van der Waals surface area (Å²) in [4.78, 5) is 24.7. The van der Waals surface area contributed by atoms with E-state index in [9.17, 15) is 9.59 Å². The molecule has 1 fully saturated rings. The van der Waals surface area contributed by atoms with Crippen LogP contribution in [0.25, 0.3) is 0 Å². The number of hydrogen-bond acceptors (Lipinski definition) is 5. The number of rotatable bonds is 4. The summed E-state index contributed by atoms with van der Waals surface area (Å²) < 4.78 is 16.9. The Bertz CT molecular complexity index is 857. The number of para-hydroxylation sites is 3. The van der Waals surface area contributed by atoms with Crippen molar-refractivity contribution < 1.29 is 23.8 Å². The van der Waals surface area contributed by atoms with Gasteiger partial charge in [-0.3, -0.25) is 10.1 Å². The predicted octanol–water partition coefficient (Wildman–Crippen LogP) is 3.50. The fraction of sp³-hybridized carbons (Fsp3) is 0.364. The van der Waals surface area contributed by atoms with Gasteiger partial charge in [0.1, 0.15) is 12.7 Å². The van der Waals surface area contributed by atoms with Gasteiger partial charge in [-0.1, -0.05) is 30.3 Å². The molecule has 2 amide bonds. The van der Waals surface area contributed by atoms with Gasteiger partial charge in [0.05, 0.1) is 0 Å². The Kier molecular flexibility index (Phi) is 5.84. The van der Waals surface area contributed by atoms with Crippen molar-refractivity contribution in [2.45, 2.75) is 43.9 Å². The van der Waals surface area contributed by atoms with Gasteiger partial charge in [0.15, 0.2) is 11.5 Å². The molecule has 1 aliphatic carbocycles. The average Bonchev–Trinajstić information content (AvgIpc) is 2.74. The smallest absolute Gasteiger partial charge is 0.411 e. The van der Waals surface area contributed by atoms with Crippen LogP contribution >= 0.6 is 0 Å². The van der Waals surface area contributed by atoms with E-state index >= 15 is 0 Å². The molecule has 1 aliphatic heterocycles. The molecular formula is C22H24N2O5. The van der Waals surface area contributed by atoms with Crippen LogP contribution in [0, 0.1) is 0 Å². The first-order valence-electron chi connectivity index (χ1n) is 9.89. The maximum atomic E-state index is 12.6. The van der Waals surface area contributed by atoms with Crippen molar-refractivity contribution in [1.29, 1.82) is 0 Å². The standard InChI is InChI=1S/C22H24N2O5/c25-21(20-14-27-18-11-4-5-12-19(18)29-20)23-16-9-6-10-17(13-16)28-22(26)24-15-7-2-1-3-8-15/h1-5,7-8,11-12,16-17,20H,6,9-10,13-14H2,(H,23,25)(H,24,26)/t16-,17+,20+/m1/s1. The molecule has 2 aliphatic rings. The molecular weight excluding hydrogens is 372 g/mol. The highest BCUT2D eigenvalue weighted by atomic mass is 16.6. The van der Waals surface area contributed by atoms with Crippen molar-refractivity contribution in [2.75, 3.05) is 11.9 Å². The Morgan fingerprint density at radius 3 is 2.55 bits per heavy atom. The summed E-state index contributed by atoms with van der Waals surface area (Å²) >= 11 is 0. The zero-order chi connectivity index (χ0) is 20.1. The second-order valence-corrected chi connectivity index (χ2v) is 7.25. The summed E-state index contributed by atoms with van der Waals surface area (Å²) in [5, 5.41) is 5.74. The molecule has 29 heavy (non-hydrogen) atoms. The van der Waals surface area contributed by atoms with E-state index in [0.29, 0.717) is 23.6 Å². The van der Waals surface area contributed by atoms with Gasteiger partial charge in [0, 0.05) is 18.2 Å². The molecule has 2 aromatic rings. The SMILES string of the molecule is O=C(Nc1ccccc1)O[C@H]1CCC[C@@H](NC(=O)[C@@H]2COc3ccccc3O2)C1. The van der Waals surface area contributed by atoms with Crippen LogP contribution in [0.2, 0.25) is 0 Å². The molecule has 0 saturated heterocycles. The lowest BCUT2D eigenvalue weighted by atomic mass is 9.92. The van der Waals surface area contributed by atoms with Crippen molar-refractivity contribution in [2.24, 2.45) is 0 Å². The van der Waals surface area contributed by atoms with Gasteiger partial charge < -0.3 is 19.5 Å². The van der Waals surface area contributed by atoms with Gasteiger partial charge in [0.2, 0.25) is 6.10 Å².